The van der Waals surface area contributed by atoms with Gasteiger partial charge in [-0.25, -0.2) is 0 Å². The molecule has 0 saturated carbocycles. The highest BCUT2D eigenvalue weighted by molar-refractivity contribution is 6.37. The van der Waals surface area contributed by atoms with Gasteiger partial charge in [-0.15, -0.1) is 0 Å². The van der Waals surface area contributed by atoms with Gasteiger partial charge in [-0.1, -0.05) is 96.3 Å². The molecule has 0 heterocycles. The largest absolute Gasteiger partial charge is 0.484 e. The van der Waals surface area contributed by atoms with Crippen molar-refractivity contribution in [2.75, 3.05) is 6.61 Å². The number of ether oxygens (including phenoxy) is 1. The number of aryl methyl sites for hydroxylation is 2. The van der Waals surface area contributed by atoms with Crippen molar-refractivity contribution >= 4 is 59.1 Å². The van der Waals surface area contributed by atoms with Crippen LogP contribution in [0, 0.1) is 25.2 Å². The number of aliphatic carboxylic acids is 2. The molecule has 0 aromatic heterocycles. The molecule has 2 aromatic carbocycles. The maximum atomic E-state index is 14.4. The number of carbonyl (C=O) groups is 10. The molecule has 6 atom stereocenters. The van der Waals surface area contributed by atoms with Crippen LogP contribution in [0.4, 0.5) is 0 Å². The molecule has 20 nitrogen and oxygen atoms in total. The minimum Gasteiger partial charge on any atom is -0.484 e. The molecule has 0 aliphatic rings. The van der Waals surface area contributed by atoms with E-state index in [0.29, 0.717) is 24.2 Å². The normalized spacial score (nSPS) is 13.9. The molecule has 368 valence electrons. The minimum atomic E-state index is -1.74. The summed E-state index contributed by atoms with van der Waals surface area (Å²) in [6.45, 7) is 13.4. The number of benzene rings is 2. The summed E-state index contributed by atoms with van der Waals surface area (Å²) in [4.78, 5) is 131. The number of nitrogens with two attached hydrogens (primary N) is 1. The topological polar surface area (TPSA) is 319 Å². The van der Waals surface area contributed by atoms with Gasteiger partial charge in [-0.3, -0.25) is 47.9 Å². The van der Waals surface area contributed by atoms with Crippen LogP contribution in [0.2, 0.25) is 0 Å². The number of hydrogen-bond acceptors (Lipinski definition) is 11. The number of primary amides is 1. The summed E-state index contributed by atoms with van der Waals surface area (Å²) >= 11 is 0. The van der Waals surface area contributed by atoms with Crippen LogP contribution in [-0.2, 0) is 54.4 Å². The average molecular weight is 938 g/mol. The monoisotopic (exact) mass is 937 g/mol. The van der Waals surface area contributed by atoms with E-state index in [1.165, 1.54) is 0 Å². The molecule has 1 unspecified atom stereocenters. The van der Waals surface area contributed by atoms with Crippen molar-refractivity contribution in [3.63, 3.8) is 0 Å². The first kappa shape index (κ1) is 56.3. The number of carboxylic acid groups (broad SMARTS) is 2. The van der Waals surface area contributed by atoms with Gasteiger partial charge in [-0.05, 0) is 67.7 Å². The number of ketones is 1. The first-order valence-corrected chi connectivity index (χ1v) is 22.1. The first-order chi connectivity index (χ1) is 31.3. The number of carbonyl (C=O) groups excluding carboxylic acids is 8. The second-order valence-electron chi connectivity index (χ2n) is 17.9. The Bertz CT molecular complexity index is 2080. The molecular weight excluding hydrogens is 871 g/mol. The molecule has 10 N–H and O–H groups in total. The number of amides is 7. The second kappa shape index (κ2) is 26.9. The third-order valence-electron chi connectivity index (χ3n) is 10.5. The fourth-order valence-corrected chi connectivity index (χ4v) is 6.75. The Morgan fingerprint density at radius 2 is 1.21 bits per heavy atom. The van der Waals surface area contributed by atoms with Crippen molar-refractivity contribution in [1.82, 2.24) is 31.9 Å². The van der Waals surface area contributed by atoms with Crippen LogP contribution in [0.3, 0.4) is 0 Å². The SMILES string of the molecule is CCCCC(NC(=O)[C@H](CC(C)C)NC(=O)[C@@H](NC(=O)[C@H](Cc1ccccc1C)NC(=O)[C@H](CCC(=O)O)NC(=O)[C@H](CC(=O)O)NC(=O)COc1ccc(C)cc1)C(C)(C)C)C(=O)C(N)=O. The van der Waals surface area contributed by atoms with E-state index in [0.717, 1.165) is 11.1 Å². The summed E-state index contributed by atoms with van der Waals surface area (Å²) in [7, 11) is 0. The van der Waals surface area contributed by atoms with Crippen LogP contribution in [0.5, 0.6) is 5.75 Å². The van der Waals surface area contributed by atoms with Crippen LogP contribution in [0.15, 0.2) is 48.5 Å². The van der Waals surface area contributed by atoms with E-state index in [9.17, 15) is 58.2 Å². The van der Waals surface area contributed by atoms with Gasteiger partial charge in [0.2, 0.25) is 35.3 Å². The van der Waals surface area contributed by atoms with Crippen molar-refractivity contribution < 1.29 is 62.9 Å². The number of rotatable bonds is 28. The molecule has 0 saturated heterocycles. The standard InChI is InChI=1S/C47H67N7O13/c1-9-10-15-31(39(60)41(48)61)50-43(63)33(22-26(2)3)53-46(66)40(47(6,7)8)54-45(65)34(23-29-14-12-11-13-28(29)5)52-42(62)32(20-21-37(56)57)51-44(64)35(24-38(58)59)49-36(55)25-67-30-18-16-27(4)17-19-30/h11-14,16-19,26,31-35,40H,9-10,15,20-25H2,1-8H3,(H2,48,61)(H,49,55)(H,50,63)(H,51,64)(H,52,62)(H,53,66)(H,54,65)(H,56,57)(H,58,59)/t31?,32-,33-,34-,35-,40+/m0/s1. The van der Waals surface area contributed by atoms with E-state index < -0.39 is 127 Å². The van der Waals surface area contributed by atoms with E-state index in [2.05, 4.69) is 31.9 Å². The lowest BCUT2D eigenvalue weighted by molar-refractivity contribution is -0.141. The molecule has 0 fully saturated rings. The van der Waals surface area contributed by atoms with Gasteiger partial charge in [0.05, 0.1) is 12.5 Å². The van der Waals surface area contributed by atoms with Crippen LogP contribution in [0.25, 0.3) is 0 Å². The molecule has 7 amide bonds. The van der Waals surface area contributed by atoms with Crippen molar-refractivity contribution in [3.05, 3.63) is 65.2 Å². The van der Waals surface area contributed by atoms with E-state index in [4.69, 9.17) is 10.5 Å². The van der Waals surface area contributed by atoms with Crippen molar-refractivity contribution in [1.29, 1.82) is 0 Å². The number of unbranched alkanes of at least 4 members (excludes halogenated alkanes) is 1. The lowest BCUT2D eigenvalue weighted by atomic mass is 9.85. The zero-order valence-corrected chi connectivity index (χ0v) is 39.5. The number of Topliss-reactive ketones (excluding diaryl/α,β-unsaturated/α-hetero) is 1. The maximum Gasteiger partial charge on any atom is 0.305 e. The Balaban J connectivity index is 2.46. The molecule has 0 aliphatic carbocycles. The molecule has 0 spiro atoms. The first-order valence-electron chi connectivity index (χ1n) is 22.1. The fourth-order valence-electron chi connectivity index (χ4n) is 6.75. The van der Waals surface area contributed by atoms with Gasteiger partial charge in [0.15, 0.2) is 6.61 Å². The zero-order valence-electron chi connectivity index (χ0n) is 39.5. The summed E-state index contributed by atoms with van der Waals surface area (Å²) in [5.74, 6) is -10.3. The fraction of sp³-hybridized carbons (Fsp3) is 0.532. The lowest BCUT2D eigenvalue weighted by Gasteiger charge is -2.34. The highest BCUT2D eigenvalue weighted by Crippen LogP contribution is 2.21. The second-order valence-corrected chi connectivity index (χ2v) is 17.9. The van der Waals surface area contributed by atoms with Gasteiger partial charge < -0.3 is 52.6 Å². The molecule has 20 heteroatoms. The third kappa shape index (κ3) is 20.0. The van der Waals surface area contributed by atoms with E-state index >= 15 is 0 Å². The highest BCUT2D eigenvalue weighted by atomic mass is 16.5. The van der Waals surface area contributed by atoms with Crippen molar-refractivity contribution in [2.45, 2.75) is 143 Å². The summed E-state index contributed by atoms with van der Waals surface area (Å²) in [5, 5.41) is 34.2. The molecule has 0 aliphatic heterocycles. The summed E-state index contributed by atoms with van der Waals surface area (Å²) in [6.07, 6.45) is -0.883. The van der Waals surface area contributed by atoms with Gasteiger partial charge in [0, 0.05) is 12.8 Å². The quantitative estimate of drug-likeness (QED) is 0.0548. The predicted octanol–water partition coefficient (Wildman–Crippen LogP) is 1.51. The van der Waals surface area contributed by atoms with Crippen LogP contribution >= 0.6 is 0 Å². The van der Waals surface area contributed by atoms with E-state index in [-0.39, 0.29) is 25.2 Å². The Hall–Kier alpha value is -6.86. The molecule has 0 bridgehead atoms. The predicted molar refractivity (Wildman–Crippen MR) is 245 cm³/mol. The maximum absolute atomic E-state index is 14.4. The van der Waals surface area contributed by atoms with Crippen LogP contribution in [-0.4, -0.2) is 112 Å². The van der Waals surface area contributed by atoms with E-state index in [1.54, 1.807) is 90.1 Å². The minimum absolute atomic E-state index is 0.0985. The molecule has 2 rings (SSSR count). The average Bonchev–Trinajstić information content (AvgIpc) is 3.23. The summed E-state index contributed by atoms with van der Waals surface area (Å²) in [5.41, 5.74) is 6.47. The Labute approximate surface area is 390 Å². The number of hydrogen-bond donors (Lipinski definition) is 9. The van der Waals surface area contributed by atoms with Gasteiger partial charge in [0.25, 0.3) is 11.8 Å². The Kier molecular flexibility index (Phi) is 22.6. The van der Waals surface area contributed by atoms with Crippen LogP contribution in [0.1, 0.15) is 103 Å². The molecule has 0 radical (unpaired) electrons. The summed E-state index contributed by atoms with van der Waals surface area (Å²) in [6, 6.07) is 4.91. The molecular formula is C47H67N7O13. The molecule has 67 heavy (non-hydrogen) atoms. The zero-order chi connectivity index (χ0) is 50.6. The lowest BCUT2D eigenvalue weighted by Crippen LogP contribution is -2.62. The van der Waals surface area contributed by atoms with Crippen LogP contribution < -0.4 is 42.4 Å². The van der Waals surface area contributed by atoms with Crippen molar-refractivity contribution in [2.24, 2.45) is 17.1 Å². The van der Waals surface area contributed by atoms with E-state index in [1.807, 2.05) is 13.8 Å². The smallest absolute Gasteiger partial charge is 0.305 e. The van der Waals surface area contributed by atoms with Crippen molar-refractivity contribution in [3.8, 4) is 5.75 Å². The Morgan fingerprint density at radius 1 is 0.657 bits per heavy atom. The summed E-state index contributed by atoms with van der Waals surface area (Å²) < 4.78 is 5.44. The van der Waals surface area contributed by atoms with Gasteiger partial charge >= 0.3 is 11.9 Å². The highest BCUT2D eigenvalue weighted by Gasteiger charge is 2.39. The van der Waals surface area contributed by atoms with Gasteiger partial charge in [-0.2, -0.15) is 0 Å². The number of carboxylic acids is 2. The Morgan fingerprint density at radius 3 is 1.76 bits per heavy atom. The van der Waals surface area contributed by atoms with Gasteiger partial charge in [0.1, 0.15) is 36.0 Å². The molecule has 2 aromatic rings. The third-order valence-corrected chi connectivity index (χ3v) is 10.5. The number of nitrogens with one attached hydrogen (secondary N) is 6.